The highest BCUT2D eigenvalue weighted by molar-refractivity contribution is 7.92. The Morgan fingerprint density at radius 2 is 1.95 bits per heavy atom. The summed E-state index contributed by atoms with van der Waals surface area (Å²) >= 11 is 0. The number of nitro benzene ring substituents is 1. The Labute approximate surface area is 109 Å². The zero-order valence-electron chi connectivity index (χ0n) is 10.2. The minimum absolute atomic E-state index is 0.0579. The van der Waals surface area contributed by atoms with Crippen molar-refractivity contribution in [2.45, 2.75) is 6.92 Å². The summed E-state index contributed by atoms with van der Waals surface area (Å²) in [6, 6.07) is 6.01. The molecule has 0 saturated carbocycles. The number of nitrogens with zero attached hydrogens (tertiary/aromatic N) is 2. The fraction of sp³-hybridized carbons (Fsp3) is 0.182. The van der Waals surface area contributed by atoms with E-state index in [9.17, 15) is 18.5 Å². The first-order valence-corrected chi connectivity index (χ1v) is 7.19. The first-order chi connectivity index (χ1) is 8.78. The highest BCUT2D eigenvalue weighted by atomic mass is 32.2. The van der Waals surface area contributed by atoms with E-state index in [2.05, 4.69) is 9.71 Å². The number of benzene rings is 1. The van der Waals surface area contributed by atoms with Crippen LogP contribution in [0.2, 0.25) is 0 Å². The Bertz CT molecular complexity index is 771. The lowest BCUT2D eigenvalue weighted by molar-refractivity contribution is -0.383. The van der Waals surface area contributed by atoms with Crippen molar-refractivity contribution in [3.63, 3.8) is 0 Å². The molecule has 0 fully saturated rings. The van der Waals surface area contributed by atoms with Gasteiger partial charge in [0, 0.05) is 17.1 Å². The normalized spacial score (nSPS) is 11.5. The molecule has 8 heteroatoms. The van der Waals surface area contributed by atoms with Crippen molar-refractivity contribution in [3.05, 3.63) is 40.1 Å². The van der Waals surface area contributed by atoms with Gasteiger partial charge in [0.1, 0.15) is 5.69 Å². The number of aryl methyl sites for hydroxylation is 1. The number of sulfonamides is 1. The van der Waals surface area contributed by atoms with Gasteiger partial charge in [-0.25, -0.2) is 8.42 Å². The van der Waals surface area contributed by atoms with Crippen LogP contribution in [0.15, 0.2) is 24.3 Å². The van der Waals surface area contributed by atoms with Crippen LogP contribution in [0.3, 0.4) is 0 Å². The number of anilines is 1. The van der Waals surface area contributed by atoms with E-state index >= 15 is 0 Å². The predicted octanol–water partition coefficient (Wildman–Crippen LogP) is 1.82. The predicted molar refractivity (Wildman–Crippen MR) is 71.6 cm³/mol. The third-order valence-corrected chi connectivity index (χ3v) is 3.05. The summed E-state index contributed by atoms with van der Waals surface area (Å²) in [4.78, 5) is 14.5. The molecule has 0 aliphatic rings. The Balaban J connectivity index is 2.80. The molecule has 1 aromatic carbocycles. The van der Waals surface area contributed by atoms with Crippen LogP contribution in [0.1, 0.15) is 5.69 Å². The molecule has 0 spiro atoms. The third kappa shape index (κ3) is 2.79. The molecule has 19 heavy (non-hydrogen) atoms. The summed E-state index contributed by atoms with van der Waals surface area (Å²) in [6.07, 6.45) is 0.942. The summed E-state index contributed by atoms with van der Waals surface area (Å²) in [7, 11) is -3.62. The molecule has 100 valence electrons. The minimum atomic E-state index is -3.62. The van der Waals surface area contributed by atoms with E-state index in [-0.39, 0.29) is 11.4 Å². The van der Waals surface area contributed by atoms with Crippen molar-refractivity contribution in [2.75, 3.05) is 11.0 Å². The van der Waals surface area contributed by atoms with Crippen LogP contribution in [0.4, 0.5) is 11.4 Å². The zero-order chi connectivity index (χ0) is 14.2. The van der Waals surface area contributed by atoms with E-state index in [1.165, 1.54) is 12.1 Å². The molecule has 0 aliphatic heterocycles. The van der Waals surface area contributed by atoms with E-state index in [4.69, 9.17) is 0 Å². The quantitative estimate of drug-likeness (QED) is 0.683. The minimum Gasteiger partial charge on any atom is -0.277 e. The molecular weight excluding hydrogens is 270 g/mol. The summed E-state index contributed by atoms with van der Waals surface area (Å²) in [5.41, 5.74) is 0.879. The fourth-order valence-electron chi connectivity index (χ4n) is 1.74. The van der Waals surface area contributed by atoms with Gasteiger partial charge in [-0.1, -0.05) is 0 Å². The lowest BCUT2D eigenvalue weighted by Gasteiger charge is -2.08. The van der Waals surface area contributed by atoms with E-state index in [0.717, 1.165) is 11.9 Å². The van der Waals surface area contributed by atoms with Gasteiger partial charge in [0.2, 0.25) is 10.0 Å². The number of fused-ring (bicyclic) bond motifs is 1. The number of rotatable bonds is 3. The van der Waals surface area contributed by atoms with Gasteiger partial charge >= 0.3 is 0 Å². The van der Waals surface area contributed by atoms with Gasteiger partial charge in [-0.2, -0.15) is 0 Å². The van der Waals surface area contributed by atoms with Crippen LogP contribution in [0.25, 0.3) is 10.9 Å². The van der Waals surface area contributed by atoms with Crippen molar-refractivity contribution in [1.29, 1.82) is 0 Å². The number of hydrogen-bond donors (Lipinski definition) is 1. The van der Waals surface area contributed by atoms with Gasteiger partial charge in [0.25, 0.3) is 5.69 Å². The first-order valence-electron chi connectivity index (χ1n) is 5.30. The highest BCUT2D eigenvalue weighted by Gasteiger charge is 2.20. The second-order valence-corrected chi connectivity index (χ2v) is 5.86. The number of nitrogens with one attached hydrogen (secondary N) is 1. The van der Waals surface area contributed by atoms with Gasteiger partial charge in [0.15, 0.2) is 0 Å². The maximum Gasteiger partial charge on any atom is 0.294 e. The third-order valence-electron chi connectivity index (χ3n) is 2.47. The summed E-state index contributed by atoms with van der Waals surface area (Å²) < 4.78 is 24.8. The molecule has 0 atom stereocenters. The molecule has 0 bridgehead atoms. The van der Waals surface area contributed by atoms with E-state index < -0.39 is 14.9 Å². The standard InChI is InChI=1S/C11H11N3O4S/c1-7-3-4-8-9(12-7)5-6-10(14(15)16)11(8)13-19(2,17)18/h3-6,13H,1-2H3. The van der Waals surface area contributed by atoms with Crippen molar-refractivity contribution in [1.82, 2.24) is 4.98 Å². The van der Waals surface area contributed by atoms with Crippen molar-refractivity contribution in [2.24, 2.45) is 0 Å². The Kier molecular flexibility index (Phi) is 3.11. The molecular formula is C11H11N3O4S. The highest BCUT2D eigenvalue weighted by Crippen LogP contribution is 2.32. The molecule has 1 aromatic heterocycles. The van der Waals surface area contributed by atoms with Gasteiger partial charge in [0.05, 0.1) is 16.7 Å². The topological polar surface area (TPSA) is 102 Å². The summed E-state index contributed by atoms with van der Waals surface area (Å²) in [5.74, 6) is 0. The molecule has 7 nitrogen and oxygen atoms in total. The molecule has 0 saturated heterocycles. The summed E-state index contributed by atoms with van der Waals surface area (Å²) in [5, 5.41) is 11.4. The first kappa shape index (κ1) is 13.2. The Hall–Kier alpha value is -2.22. The number of hydrogen-bond acceptors (Lipinski definition) is 5. The molecule has 0 amide bonds. The monoisotopic (exact) mass is 281 g/mol. The molecule has 1 N–H and O–H groups in total. The second kappa shape index (κ2) is 4.47. The van der Waals surface area contributed by atoms with E-state index in [1.807, 2.05) is 0 Å². The van der Waals surface area contributed by atoms with E-state index in [1.54, 1.807) is 19.1 Å². The van der Waals surface area contributed by atoms with Crippen LogP contribution in [-0.4, -0.2) is 24.6 Å². The van der Waals surface area contributed by atoms with Crippen molar-refractivity contribution in [3.8, 4) is 0 Å². The molecule has 0 aliphatic carbocycles. The van der Waals surface area contributed by atoms with Gasteiger partial charge in [-0.05, 0) is 25.1 Å². The number of aromatic nitrogens is 1. The Morgan fingerprint density at radius 3 is 2.53 bits per heavy atom. The molecule has 0 unspecified atom stereocenters. The van der Waals surface area contributed by atoms with Crippen LogP contribution in [0.5, 0.6) is 0 Å². The molecule has 2 aromatic rings. The van der Waals surface area contributed by atoms with Crippen LogP contribution in [-0.2, 0) is 10.0 Å². The second-order valence-electron chi connectivity index (χ2n) is 4.11. The number of nitro groups is 1. The molecule has 2 rings (SSSR count). The van der Waals surface area contributed by atoms with Crippen LogP contribution < -0.4 is 4.72 Å². The zero-order valence-corrected chi connectivity index (χ0v) is 11.1. The van der Waals surface area contributed by atoms with Gasteiger partial charge in [-0.15, -0.1) is 0 Å². The average Bonchev–Trinajstić information content (AvgIpc) is 2.26. The Morgan fingerprint density at radius 1 is 1.26 bits per heavy atom. The van der Waals surface area contributed by atoms with Gasteiger partial charge in [-0.3, -0.25) is 19.8 Å². The van der Waals surface area contributed by atoms with Crippen molar-refractivity contribution >= 4 is 32.3 Å². The largest absolute Gasteiger partial charge is 0.294 e. The molecule has 1 heterocycles. The van der Waals surface area contributed by atoms with Crippen LogP contribution in [0, 0.1) is 17.0 Å². The molecule has 0 radical (unpaired) electrons. The lowest BCUT2D eigenvalue weighted by Crippen LogP contribution is -2.11. The lowest BCUT2D eigenvalue weighted by atomic mass is 10.1. The van der Waals surface area contributed by atoms with Crippen LogP contribution >= 0.6 is 0 Å². The average molecular weight is 281 g/mol. The SMILES string of the molecule is Cc1ccc2c(NS(C)(=O)=O)c([N+](=O)[O-])ccc2n1. The van der Waals surface area contributed by atoms with Crippen molar-refractivity contribution < 1.29 is 13.3 Å². The fourth-order valence-corrected chi connectivity index (χ4v) is 2.32. The van der Waals surface area contributed by atoms with Gasteiger partial charge < -0.3 is 0 Å². The maximum atomic E-state index is 11.3. The smallest absolute Gasteiger partial charge is 0.277 e. The summed E-state index contributed by atoms with van der Waals surface area (Å²) in [6.45, 7) is 1.78. The number of pyridine rings is 1. The van der Waals surface area contributed by atoms with E-state index in [0.29, 0.717) is 10.9 Å². The maximum absolute atomic E-state index is 11.3.